The van der Waals surface area contributed by atoms with Crippen LogP contribution in [0.3, 0.4) is 0 Å². The van der Waals surface area contributed by atoms with E-state index in [4.69, 9.17) is 37.9 Å². The number of para-hydroxylation sites is 1. The SMILES string of the molecule is N#CCCNC(=O)COC(=O)c1ccccc1OCc1ccc(Cl)cc1Cl. The first-order valence-corrected chi connectivity index (χ1v) is 8.73. The van der Waals surface area contributed by atoms with E-state index in [-0.39, 0.29) is 25.1 Å². The zero-order chi connectivity index (χ0) is 19.6. The minimum Gasteiger partial charge on any atom is -0.488 e. The van der Waals surface area contributed by atoms with Gasteiger partial charge in [0.2, 0.25) is 0 Å². The van der Waals surface area contributed by atoms with Crippen LogP contribution in [0.15, 0.2) is 42.5 Å². The van der Waals surface area contributed by atoms with E-state index in [0.717, 1.165) is 0 Å². The number of halogens is 2. The molecule has 2 aromatic rings. The van der Waals surface area contributed by atoms with Crippen molar-refractivity contribution in [2.45, 2.75) is 13.0 Å². The molecule has 6 nitrogen and oxygen atoms in total. The third-order valence-electron chi connectivity index (χ3n) is 3.40. The van der Waals surface area contributed by atoms with Crippen molar-refractivity contribution in [1.29, 1.82) is 5.26 Å². The summed E-state index contributed by atoms with van der Waals surface area (Å²) in [5.41, 5.74) is 0.897. The number of carbonyl (C=O) groups is 2. The van der Waals surface area contributed by atoms with Crippen LogP contribution < -0.4 is 10.1 Å². The van der Waals surface area contributed by atoms with E-state index in [1.54, 1.807) is 36.4 Å². The second kappa shape index (κ2) is 10.4. The number of esters is 1. The fourth-order valence-corrected chi connectivity index (χ4v) is 2.54. The fourth-order valence-electron chi connectivity index (χ4n) is 2.07. The van der Waals surface area contributed by atoms with E-state index >= 15 is 0 Å². The van der Waals surface area contributed by atoms with E-state index in [0.29, 0.717) is 21.4 Å². The lowest BCUT2D eigenvalue weighted by molar-refractivity contribution is -0.124. The number of nitriles is 1. The lowest BCUT2D eigenvalue weighted by atomic mass is 10.2. The first-order chi connectivity index (χ1) is 13.0. The van der Waals surface area contributed by atoms with Crippen molar-refractivity contribution in [1.82, 2.24) is 5.32 Å². The van der Waals surface area contributed by atoms with Crippen LogP contribution in [0.4, 0.5) is 0 Å². The number of benzene rings is 2. The molecule has 0 heterocycles. The number of rotatable bonds is 8. The fraction of sp³-hybridized carbons (Fsp3) is 0.211. The summed E-state index contributed by atoms with van der Waals surface area (Å²) in [4.78, 5) is 23.8. The van der Waals surface area contributed by atoms with Crippen LogP contribution in [0, 0.1) is 11.3 Å². The largest absolute Gasteiger partial charge is 0.488 e. The summed E-state index contributed by atoms with van der Waals surface area (Å²) in [5, 5.41) is 11.9. The Morgan fingerprint density at radius 2 is 1.93 bits per heavy atom. The van der Waals surface area contributed by atoms with Crippen LogP contribution in [-0.4, -0.2) is 25.0 Å². The molecule has 140 valence electrons. The molecule has 0 aliphatic heterocycles. The highest BCUT2D eigenvalue weighted by molar-refractivity contribution is 6.35. The van der Waals surface area contributed by atoms with Crippen LogP contribution >= 0.6 is 23.2 Å². The highest BCUT2D eigenvalue weighted by Crippen LogP contribution is 2.24. The molecule has 0 saturated carbocycles. The van der Waals surface area contributed by atoms with Crippen LogP contribution in [0.1, 0.15) is 22.3 Å². The molecule has 2 aromatic carbocycles. The Labute approximate surface area is 166 Å². The van der Waals surface area contributed by atoms with E-state index in [1.807, 2.05) is 6.07 Å². The summed E-state index contributed by atoms with van der Waals surface area (Å²) in [6.45, 7) is -0.106. The minimum absolute atomic E-state index is 0.134. The molecule has 8 heteroatoms. The van der Waals surface area contributed by atoms with Gasteiger partial charge >= 0.3 is 5.97 Å². The molecule has 0 aromatic heterocycles. The van der Waals surface area contributed by atoms with E-state index < -0.39 is 18.5 Å². The number of hydrogen-bond donors (Lipinski definition) is 1. The maximum atomic E-state index is 12.2. The van der Waals surface area contributed by atoms with Crippen LogP contribution in [0.2, 0.25) is 10.0 Å². The maximum absolute atomic E-state index is 12.2. The Balaban J connectivity index is 1.97. The molecule has 0 atom stereocenters. The van der Waals surface area contributed by atoms with Crippen molar-refractivity contribution in [3.63, 3.8) is 0 Å². The quantitative estimate of drug-likeness (QED) is 0.532. The molecule has 2 rings (SSSR count). The number of nitrogens with one attached hydrogen (secondary N) is 1. The summed E-state index contributed by atoms with van der Waals surface area (Å²) in [5.74, 6) is -0.869. The zero-order valence-electron chi connectivity index (χ0n) is 14.2. The lowest BCUT2D eigenvalue weighted by Crippen LogP contribution is -2.29. The summed E-state index contributed by atoms with van der Waals surface area (Å²) in [7, 11) is 0. The van der Waals surface area contributed by atoms with Crippen molar-refractivity contribution in [3.05, 3.63) is 63.6 Å². The summed E-state index contributed by atoms with van der Waals surface area (Å²) >= 11 is 12.0. The third kappa shape index (κ3) is 6.48. The topological polar surface area (TPSA) is 88.4 Å². The second-order valence-electron chi connectivity index (χ2n) is 5.35. The molecule has 0 spiro atoms. The number of hydrogen-bond acceptors (Lipinski definition) is 5. The van der Waals surface area contributed by atoms with Crippen molar-refractivity contribution >= 4 is 35.1 Å². The van der Waals surface area contributed by atoms with Gasteiger partial charge in [-0.15, -0.1) is 0 Å². The van der Waals surface area contributed by atoms with Gasteiger partial charge in [0, 0.05) is 22.2 Å². The first kappa shape index (κ1) is 20.6. The average molecular weight is 407 g/mol. The Bertz CT molecular complexity index is 865. The lowest BCUT2D eigenvalue weighted by Gasteiger charge is -2.12. The molecule has 0 unspecified atom stereocenters. The van der Waals surface area contributed by atoms with Gasteiger partial charge in [-0.2, -0.15) is 5.26 Å². The van der Waals surface area contributed by atoms with Gasteiger partial charge in [0.15, 0.2) is 6.61 Å². The molecule has 0 bridgehead atoms. The number of carbonyl (C=O) groups excluding carboxylic acids is 2. The van der Waals surface area contributed by atoms with E-state index in [9.17, 15) is 9.59 Å². The van der Waals surface area contributed by atoms with Crippen LogP contribution in [0.5, 0.6) is 5.75 Å². The van der Waals surface area contributed by atoms with Gasteiger partial charge in [0.05, 0.1) is 12.5 Å². The molecule has 0 fully saturated rings. The average Bonchev–Trinajstić information content (AvgIpc) is 2.66. The molecule has 0 saturated heterocycles. The van der Waals surface area contributed by atoms with Crippen molar-refractivity contribution in [2.24, 2.45) is 0 Å². The van der Waals surface area contributed by atoms with Crippen molar-refractivity contribution in [3.8, 4) is 11.8 Å². The van der Waals surface area contributed by atoms with Gasteiger partial charge in [0.25, 0.3) is 5.91 Å². The predicted octanol–water partition coefficient (Wildman–Crippen LogP) is 3.76. The van der Waals surface area contributed by atoms with Gasteiger partial charge in [-0.25, -0.2) is 4.79 Å². The van der Waals surface area contributed by atoms with E-state index in [1.165, 1.54) is 6.07 Å². The second-order valence-corrected chi connectivity index (χ2v) is 6.20. The summed E-state index contributed by atoms with van der Waals surface area (Å²) < 4.78 is 10.7. The molecule has 0 aliphatic rings. The maximum Gasteiger partial charge on any atom is 0.342 e. The Hall–Kier alpha value is -2.75. The summed E-state index contributed by atoms with van der Waals surface area (Å²) in [6.07, 6.45) is 0.184. The van der Waals surface area contributed by atoms with Gasteiger partial charge in [-0.05, 0) is 24.3 Å². The predicted molar refractivity (Wildman–Crippen MR) is 101 cm³/mol. The molecule has 1 N–H and O–H groups in total. The number of ether oxygens (including phenoxy) is 2. The van der Waals surface area contributed by atoms with Crippen LogP contribution in [0.25, 0.3) is 0 Å². The molecule has 0 radical (unpaired) electrons. The van der Waals surface area contributed by atoms with Crippen molar-refractivity contribution < 1.29 is 19.1 Å². The van der Waals surface area contributed by atoms with Gasteiger partial charge in [0.1, 0.15) is 17.9 Å². The Morgan fingerprint density at radius 3 is 2.67 bits per heavy atom. The van der Waals surface area contributed by atoms with Gasteiger partial charge in [-0.1, -0.05) is 41.4 Å². The first-order valence-electron chi connectivity index (χ1n) is 7.98. The minimum atomic E-state index is -0.691. The molecule has 0 aliphatic carbocycles. The summed E-state index contributed by atoms with van der Waals surface area (Å²) in [6, 6.07) is 13.5. The highest BCUT2D eigenvalue weighted by Gasteiger charge is 2.15. The van der Waals surface area contributed by atoms with Gasteiger partial charge in [-0.3, -0.25) is 4.79 Å². The van der Waals surface area contributed by atoms with E-state index in [2.05, 4.69) is 5.32 Å². The molecule has 27 heavy (non-hydrogen) atoms. The monoisotopic (exact) mass is 406 g/mol. The number of nitrogens with zero attached hydrogens (tertiary/aromatic N) is 1. The number of amides is 1. The standard InChI is InChI=1S/C19H16Cl2N2O4/c20-14-7-6-13(16(21)10-14)11-26-17-5-2-1-4-15(17)19(25)27-12-18(24)23-9-3-8-22/h1-2,4-7,10H,3,9,11-12H2,(H,23,24). The normalized spacial score (nSPS) is 9.96. The third-order valence-corrected chi connectivity index (χ3v) is 3.99. The molecular weight excluding hydrogens is 391 g/mol. The Kier molecular flexibility index (Phi) is 7.93. The molecule has 1 amide bonds. The van der Waals surface area contributed by atoms with Gasteiger partial charge < -0.3 is 14.8 Å². The zero-order valence-corrected chi connectivity index (χ0v) is 15.7. The highest BCUT2D eigenvalue weighted by atomic mass is 35.5. The van der Waals surface area contributed by atoms with Crippen molar-refractivity contribution in [2.75, 3.05) is 13.2 Å². The van der Waals surface area contributed by atoms with Crippen LogP contribution in [-0.2, 0) is 16.1 Å². The Morgan fingerprint density at radius 1 is 1.15 bits per heavy atom. The molecular formula is C19H16Cl2N2O4. The smallest absolute Gasteiger partial charge is 0.342 e.